The number of benzene rings is 1. The Labute approximate surface area is 123 Å². The number of hydrogen-bond acceptors (Lipinski definition) is 4. The maximum atomic E-state index is 12.6. The van der Waals surface area contributed by atoms with E-state index in [1.54, 1.807) is 7.11 Å². The molecule has 0 saturated carbocycles. The van der Waals surface area contributed by atoms with E-state index in [0.29, 0.717) is 30.8 Å². The molecule has 0 aliphatic rings. The van der Waals surface area contributed by atoms with Gasteiger partial charge in [-0.15, -0.1) is 0 Å². The third-order valence-corrected chi connectivity index (χ3v) is 3.46. The lowest BCUT2D eigenvalue weighted by Gasteiger charge is -2.13. The molecule has 0 aliphatic heterocycles. The molecule has 1 heterocycles. The first-order valence-electron chi connectivity index (χ1n) is 6.98. The lowest BCUT2D eigenvalue weighted by atomic mass is 10.0. The fourth-order valence-corrected chi connectivity index (χ4v) is 2.28. The zero-order valence-electron chi connectivity index (χ0n) is 12.6. The highest BCUT2D eigenvalue weighted by Gasteiger charge is 2.18. The van der Waals surface area contributed by atoms with Crippen LogP contribution in [-0.4, -0.2) is 28.6 Å². The number of nitrogens with zero attached hydrogens (tertiary/aromatic N) is 2. The Morgan fingerprint density at radius 1 is 1.33 bits per heavy atom. The molecule has 0 amide bonds. The van der Waals surface area contributed by atoms with Crippen LogP contribution in [0, 0.1) is 6.92 Å². The summed E-state index contributed by atoms with van der Waals surface area (Å²) in [5, 5.41) is 14.6. The van der Waals surface area contributed by atoms with Gasteiger partial charge in [-0.1, -0.05) is 31.2 Å². The Kier molecular flexibility index (Phi) is 4.75. The topological polar surface area (TPSA) is 64.4 Å². The Balaban J connectivity index is 2.69. The summed E-state index contributed by atoms with van der Waals surface area (Å²) in [5.41, 5.74) is 2.22. The molecule has 5 heteroatoms. The van der Waals surface area contributed by atoms with E-state index in [2.05, 4.69) is 5.10 Å². The fourth-order valence-electron chi connectivity index (χ4n) is 2.28. The number of aromatic hydroxyl groups is 1. The molecule has 0 atom stereocenters. The normalized spacial score (nSPS) is 10.8. The molecule has 0 radical (unpaired) electrons. The van der Waals surface area contributed by atoms with Crippen LogP contribution >= 0.6 is 0 Å². The van der Waals surface area contributed by atoms with Gasteiger partial charge < -0.3 is 9.84 Å². The van der Waals surface area contributed by atoms with Crippen molar-refractivity contribution < 1.29 is 9.84 Å². The van der Waals surface area contributed by atoms with Gasteiger partial charge >= 0.3 is 0 Å². The Morgan fingerprint density at radius 3 is 2.67 bits per heavy atom. The summed E-state index contributed by atoms with van der Waals surface area (Å²) in [5.74, 6) is -0.0227. The standard InChI is InChI=1S/C16H20N2O3/c1-4-13-15(19)14(12-8-6-5-7-11(12)2)16(20)18(17-13)9-10-21-3/h5-8,19H,4,9-10H2,1-3H3. The van der Waals surface area contributed by atoms with Crippen molar-refractivity contribution in [1.82, 2.24) is 9.78 Å². The molecule has 2 aromatic rings. The number of ether oxygens (including phenoxy) is 1. The largest absolute Gasteiger partial charge is 0.505 e. The summed E-state index contributed by atoms with van der Waals surface area (Å²) in [6.07, 6.45) is 0.554. The number of aromatic nitrogens is 2. The maximum absolute atomic E-state index is 12.6. The first kappa shape index (κ1) is 15.3. The van der Waals surface area contributed by atoms with Crippen molar-refractivity contribution in [3.63, 3.8) is 0 Å². The van der Waals surface area contributed by atoms with Crippen molar-refractivity contribution in [1.29, 1.82) is 0 Å². The van der Waals surface area contributed by atoms with Gasteiger partial charge in [0.05, 0.1) is 18.7 Å². The van der Waals surface area contributed by atoms with E-state index in [1.165, 1.54) is 4.68 Å². The molecule has 0 spiro atoms. The van der Waals surface area contributed by atoms with Crippen LogP contribution in [0.15, 0.2) is 29.1 Å². The van der Waals surface area contributed by atoms with Crippen LogP contribution in [0.25, 0.3) is 11.1 Å². The molecular weight excluding hydrogens is 268 g/mol. The smallest absolute Gasteiger partial charge is 0.278 e. The van der Waals surface area contributed by atoms with Gasteiger partial charge in [0, 0.05) is 7.11 Å². The summed E-state index contributed by atoms with van der Waals surface area (Å²) in [6, 6.07) is 7.51. The second-order valence-corrected chi connectivity index (χ2v) is 4.86. The minimum atomic E-state index is -0.295. The molecule has 0 saturated heterocycles. The van der Waals surface area contributed by atoms with Crippen LogP contribution in [0.2, 0.25) is 0 Å². The van der Waals surface area contributed by atoms with Crippen LogP contribution in [0.4, 0.5) is 0 Å². The van der Waals surface area contributed by atoms with Gasteiger partial charge in [-0.3, -0.25) is 4.79 Å². The van der Waals surface area contributed by atoms with Crippen molar-refractivity contribution >= 4 is 0 Å². The summed E-state index contributed by atoms with van der Waals surface area (Å²) >= 11 is 0. The van der Waals surface area contributed by atoms with E-state index in [9.17, 15) is 9.90 Å². The molecule has 5 nitrogen and oxygen atoms in total. The van der Waals surface area contributed by atoms with E-state index in [4.69, 9.17) is 4.74 Å². The van der Waals surface area contributed by atoms with Crippen LogP contribution in [0.5, 0.6) is 5.75 Å². The third-order valence-electron chi connectivity index (χ3n) is 3.46. The number of methoxy groups -OCH3 is 1. The van der Waals surface area contributed by atoms with E-state index in [1.807, 2.05) is 38.1 Å². The molecule has 0 aliphatic carbocycles. The molecule has 21 heavy (non-hydrogen) atoms. The number of rotatable bonds is 5. The molecular formula is C16H20N2O3. The highest BCUT2D eigenvalue weighted by molar-refractivity contribution is 5.72. The van der Waals surface area contributed by atoms with E-state index in [0.717, 1.165) is 11.1 Å². The first-order valence-corrected chi connectivity index (χ1v) is 6.98. The highest BCUT2D eigenvalue weighted by atomic mass is 16.5. The van der Waals surface area contributed by atoms with Crippen molar-refractivity contribution in [2.75, 3.05) is 13.7 Å². The predicted octanol–water partition coefficient (Wildman–Crippen LogP) is 2.13. The maximum Gasteiger partial charge on any atom is 0.278 e. The lowest BCUT2D eigenvalue weighted by molar-refractivity contribution is 0.181. The Hall–Kier alpha value is -2.14. The minimum absolute atomic E-state index is 0.0227. The fraction of sp³-hybridized carbons (Fsp3) is 0.375. The van der Waals surface area contributed by atoms with Crippen LogP contribution < -0.4 is 5.56 Å². The van der Waals surface area contributed by atoms with Crippen LogP contribution in [-0.2, 0) is 17.7 Å². The minimum Gasteiger partial charge on any atom is -0.505 e. The van der Waals surface area contributed by atoms with Gasteiger partial charge in [0.1, 0.15) is 5.69 Å². The molecule has 112 valence electrons. The molecule has 0 unspecified atom stereocenters. The van der Waals surface area contributed by atoms with Crippen molar-refractivity contribution in [2.45, 2.75) is 26.8 Å². The zero-order valence-corrected chi connectivity index (χ0v) is 12.6. The Bertz CT molecular complexity index is 692. The van der Waals surface area contributed by atoms with Gasteiger partial charge in [-0.05, 0) is 24.5 Å². The van der Waals surface area contributed by atoms with Gasteiger partial charge in [-0.25, -0.2) is 4.68 Å². The van der Waals surface area contributed by atoms with Gasteiger partial charge in [0.25, 0.3) is 5.56 Å². The van der Waals surface area contributed by atoms with E-state index in [-0.39, 0.29) is 11.3 Å². The third kappa shape index (κ3) is 2.97. The van der Waals surface area contributed by atoms with Crippen LogP contribution in [0.1, 0.15) is 18.2 Å². The summed E-state index contributed by atoms with van der Waals surface area (Å²) in [7, 11) is 1.58. The predicted molar refractivity (Wildman–Crippen MR) is 81.6 cm³/mol. The van der Waals surface area contributed by atoms with E-state index >= 15 is 0 Å². The molecule has 0 bridgehead atoms. The molecule has 2 rings (SSSR count). The number of hydrogen-bond donors (Lipinski definition) is 1. The summed E-state index contributed by atoms with van der Waals surface area (Å²) in [4.78, 5) is 12.6. The van der Waals surface area contributed by atoms with Crippen molar-refractivity contribution in [2.24, 2.45) is 0 Å². The van der Waals surface area contributed by atoms with Crippen LogP contribution in [0.3, 0.4) is 0 Å². The summed E-state index contributed by atoms with van der Waals surface area (Å²) < 4.78 is 6.38. The monoisotopic (exact) mass is 288 g/mol. The average Bonchev–Trinajstić information content (AvgIpc) is 2.48. The molecule has 1 N–H and O–H groups in total. The van der Waals surface area contributed by atoms with Crippen molar-refractivity contribution in [3.8, 4) is 16.9 Å². The molecule has 0 fully saturated rings. The highest BCUT2D eigenvalue weighted by Crippen LogP contribution is 2.30. The lowest BCUT2D eigenvalue weighted by Crippen LogP contribution is -2.27. The quantitative estimate of drug-likeness (QED) is 0.915. The van der Waals surface area contributed by atoms with E-state index < -0.39 is 0 Å². The van der Waals surface area contributed by atoms with Gasteiger partial charge in [-0.2, -0.15) is 5.10 Å². The Morgan fingerprint density at radius 2 is 2.05 bits per heavy atom. The van der Waals surface area contributed by atoms with Gasteiger partial charge in [0.2, 0.25) is 0 Å². The molecule has 1 aromatic heterocycles. The SMILES string of the molecule is CCc1nn(CCOC)c(=O)c(-c2ccccc2C)c1O. The molecule has 1 aromatic carbocycles. The second kappa shape index (κ2) is 6.54. The van der Waals surface area contributed by atoms with Gasteiger partial charge in [0.15, 0.2) is 5.75 Å². The zero-order chi connectivity index (χ0) is 15.4. The van der Waals surface area contributed by atoms with Crippen molar-refractivity contribution in [3.05, 3.63) is 45.9 Å². The average molecular weight is 288 g/mol. The second-order valence-electron chi connectivity index (χ2n) is 4.86. The summed E-state index contributed by atoms with van der Waals surface area (Å²) in [6.45, 7) is 4.57. The number of aryl methyl sites for hydroxylation is 2. The first-order chi connectivity index (χ1) is 10.1.